The van der Waals surface area contributed by atoms with E-state index in [0.717, 1.165) is 33.0 Å². The van der Waals surface area contributed by atoms with E-state index in [-0.39, 0.29) is 0 Å². The van der Waals surface area contributed by atoms with Gasteiger partial charge in [0.15, 0.2) is 0 Å². The molecular formula is C11H15IN2S. The molecule has 1 aromatic rings. The first-order valence-corrected chi connectivity index (χ1v) is 6.95. The van der Waals surface area contributed by atoms with Crippen molar-refractivity contribution in [3.63, 3.8) is 0 Å². The fourth-order valence-corrected chi connectivity index (χ4v) is 2.21. The van der Waals surface area contributed by atoms with Crippen LogP contribution >= 0.6 is 34.4 Å². The third-order valence-electron chi connectivity index (χ3n) is 1.81. The lowest BCUT2D eigenvalue weighted by molar-refractivity contribution is 1.23. The highest BCUT2D eigenvalue weighted by Crippen LogP contribution is 2.20. The van der Waals surface area contributed by atoms with Gasteiger partial charge in [-0.25, -0.2) is 0 Å². The molecule has 3 N–H and O–H groups in total. The number of rotatable bonds is 6. The monoisotopic (exact) mass is 334 g/mol. The summed E-state index contributed by atoms with van der Waals surface area (Å²) >= 11 is 4.11. The van der Waals surface area contributed by atoms with Gasteiger partial charge in [0, 0.05) is 21.6 Å². The SMILES string of the molecule is C=CCSCCNc1ccc(I)cc1N. The van der Waals surface area contributed by atoms with Gasteiger partial charge in [-0.05, 0) is 40.8 Å². The van der Waals surface area contributed by atoms with Crippen LogP contribution in [0.1, 0.15) is 0 Å². The van der Waals surface area contributed by atoms with E-state index in [9.17, 15) is 0 Å². The summed E-state index contributed by atoms with van der Waals surface area (Å²) in [6.45, 7) is 4.61. The molecular weight excluding hydrogens is 319 g/mol. The standard InChI is InChI=1S/C11H15IN2S/c1-2-6-15-7-5-14-11-4-3-9(12)8-10(11)13/h2-4,8,14H,1,5-7,13H2. The Morgan fingerprint density at radius 3 is 3.00 bits per heavy atom. The van der Waals surface area contributed by atoms with Crippen molar-refractivity contribution in [2.75, 3.05) is 29.1 Å². The summed E-state index contributed by atoms with van der Waals surface area (Å²) < 4.78 is 1.16. The van der Waals surface area contributed by atoms with Crippen molar-refractivity contribution in [1.82, 2.24) is 0 Å². The van der Waals surface area contributed by atoms with Crippen molar-refractivity contribution in [3.8, 4) is 0 Å². The second-order valence-corrected chi connectivity index (χ2v) is 5.42. The number of nitrogens with one attached hydrogen (secondary N) is 1. The highest BCUT2D eigenvalue weighted by Gasteiger charge is 1.98. The first-order valence-electron chi connectivity index (χ1n) is 4.71. The van der Waals surface area contributed by atoms with Gasteiger partial charge >= 0.3 is 0 Å². The minimum absolute atomic E-state index is 0.815. The molecule has 0 amide bonds. The second-order valence-electron chi connectivity index (χ2n) is 3.02. The Balaban J connectivity index is 2.34. The maximum Gasteiger partial charge on any atom is 0.0574 e. The lowest BCUT2D eigenvalue weighted by Gasteiger charge is -2.08. The van der Waals surface area contributed by atoms with Gasteiger partial charge in [0.25, 0.3) is 0 Å². The molecule has 0 radical (unpaired) electrons. The van der Waals surface area contributed by atoms with E-state index in [1.165, 1.54) is 0 Å². The van der Waals surface area contributed by atoms with Crippen LogP contribution in [0, 0.1) is 3.57 Å². The summed E-state index contributed by atoms with van der Waals surface area (Å²) in [5.41, 5.74) is 7.71. The molecule has 4 heteroatoms. The van der Waals surface area contributed by atoms with Crippen molar-refractivity contribution < 1.29 is 0 Å². The fourth-order valence-electron chi connectivity index (χ4n) is 1.12. The first-order chi connectivity index (χ1) is 7.24. The minimum atomic E-state index is 0.815. The number of halogens is 1. The van der Waals surface area contributed by atoms with E-state index in [0.29, 0.717) is 0 Å². The van der Waals surface area contributed by atoms with Crippen LogP contribution in [0.5, 0.6) is 0 Å². The molecule has 0 aliphatic heterocycles. The van der Waals surface area contributed by atoms with Crippen molar-refractivity contribution in [2.24, 2.45) is 0 Å². The van der Waals surface area contributed by atoms with Gasteiger partial charge in [-0.15, -0.1) is 6.58 Å². The Labute approximate surface area is 109 Å². The summed E-state index contributed by atoms with van der Waals surface area (Å²) in [5, 5.41) is 3.32. The number of nitrogen functional groups attached to an aromatic ring is 1. The van der Waals surface area contributed by atoms with Crippen molar-refractivity contribution in [3.05, 3.63) is 34.4 Å². The molecule has 1 aromatic carbocycles. The predicted molar refractivity (Wildman–Crippen MR) is 79.6 cm³/mol. The highest BCUT2D eigenvalue weighted by molar-refractivity contribution is 14.1. The maximum atomic E-state index is 5.87. The average molecular weight is 334 g/mol. The molecule has 0 aliphatic rings. The molecule has 2 nitrogen and oxygen atoms in total. The van der Waals surface area contributed by atoms with Gasteiger partial charge in [-0.2, -0.15) is 11.8 Å². The number of benzene rings is 1. The first kappa shape index (κ1) is 12.7. The summed E-state index contributed by atoms with van der Waals surface area (Å²) in [6, 6.07) is 6.05. The molecule has 0 heterocycles. The fraction of sp³-hybridized carbons (Fsp3) is 0.273. The molecule has 0 spiro atoms. The van der Waals surface area contributed by atoms with Crippen LogP contribution in [0.2, 0.25) is 0 Å². The van der Waals surface area contributed by atoms with E-state index in [1.54, 1.807) is 0 Å². The molecule has 0 saturated carbocycles. The average Bonchev–Trinajstić information content (AvgIpc) is 2.20. The van der Waals surface area contributed by atoms with E-state index in [1.807, 2.05) is 30.0 Å². The quantitative estimate of drug-likeness (QED) is 0.363. The zero-order chi connectivity index (χ0) is 11.1. The van der Waals surface area contributed by atoms with Crippen molar-refractivity contribution >= 4 is 45.7 Å². The Kier molecular flexibility index (Phi) is 5.93. The van der Waals surface area contributed by atoms with E-state index in [2.05, 4.69) is 40.6 Å². The van der Waals surface area contributed by atoms with Crippen LogP contribution < -0.4 is 11.1 Å². The lowest BCUT2D eigenvalue weighted by atomic mass is 10.3. The molecule has 0 bridgehead atoms. The Morgan fingerprint density at radius 2 is 2.33 bits per heavy atom. The lowest BCUT2D eigenvalue weighted by Crippen LogP contribution is -2.06. The second kappa shape index (κ2) is 7.00. The molecule has 1 rings (SSSR count). The molecule has 0 unspecified atom stereocenters. The van der Waals surface area contributed by atoms with Crippen molar-refractivity contribution in [1.29, 1.82) is 0 Å². The topological polar surface area (TPSA) is 38.0 Å². The van der Waals surface area contributed by atoms with Crippen LogP contribution in [-0.2, 0) is 0 Å². The Morgan fingerprint density at radius 1 is 1.53 bits per heavy atom. The van der Waals surface area contributed by atoms with Gasteiger partial charge < -0.3 is 11.1 Å². The predicted octanol–water partition coefficient (Wildman–Crippen LogP) is 3.20. The van der Waals surface area contributed by atoms with E-state index >= 15 is 0 Å². The zero-order valence-electron chi connectivity index (χ0n) is 8.50. The summed E-state index contributed by atoms with van der Waals surface area (Å²) in [6.07, 6.45) is 1.92. The number of nitrogens with two attached hydrogens (primary N) is 1. The molecule has 0 aromatic heterocycles. The normalized spacial score (nSPS) is 9.93. The summed E-state index contributed by atoms with van der Waals surface area (Å²) in [4.78, 5) is 0. The minimum Gasteiger partial charge on any atom is -0.397 e. The van der Waals surface area contributed by atoms with Crippen LogP contribution in [0.25, 0.3) is 0 Å². The number of thioether (sulfide) groups is 1. The molecule has 0 saturated heterocycles. The number of anilines is 2. The molecule has 15 heavy (non-hydrogen) atoms. The molecule has 0 atom stereocenters. The Hall–Kier alpha value is -0.360. The molecule has 0 aliphatic carbocycles. The molecule has 82 valence electrons. The zero-order valence-corrected chi connectivity index (χ0v) is 11.5. The van der Waals surface area contributed by atoms with Gasteiger partial charge in [0.2, 0.25) is 0 Å². The van der Waals surface area contributed by atoms with Crippen LogP contribution in [-0.4, -0.2) is 18.1 Å². The van der Waals surface area contributed by atoms with E-state index in [4.69, 9.17) is 5.73 Å². The van der Waals surface area contributed by atoms with Crippen LogP contribution in [0.15, 0.2) is 30.9 Å². The highest BCUT2D eigenvalue weighted by atomic mass is 127. The number of hydrogen-bond donors (Lipinski definition) is 2. The maximum absolute atomic E-state index is 5.87. The van der Waals surface area contributed by atoms with Gasteiger partial charge in [-0.1, -0.05) is 6.08 Å². The van der Waals surface area contributed by atoms with Gasteiger partial charge in [0.05, 0.1) is 11.4 Å². The number of hydrogen-bond acceptors (Lipinski definition) is 3. The largest absolute Gasteiger partial charge is 0.397 e. The van der Waals surface area contributed by atoms with Crippen molar-refractivity contribution in [2.45, 2.75) is 0 Å². The summed E-state index contributed by atoms with van der Waals surface area (Å²) in [7, 11) is 0. The third-order valence-corrected chi connectivity index (χ3v) is 3.45. The molecule has 0 fully saturated rings. The van der Waals surface area contributed by atoms with E-state index < -0.39 is 0 Å². The smallest absolute Gasteiger partial charge is 0.0574 e. The van der Waals surface area contributed by atoms with Crippen LogP contribution in [0.3, 0.4) is 0 Å². The summed E-state index contributed by atoms with van der Waals surface area (Å²) in [5.74, 6) is 2.07. The van der Waals surface area contributed by atoms with Gasteiger partial charge in [0.1, 0.15) is 0 Å². The van der Waals surface area contributed by atoms with Gasteiger partial charge in [-0.3, -0.25) is 0 Å². The Bertz CT molecular complexity index is 328. The van der Waals surface area contributed by atoms with Crippen LogP contribution in [0.4, 0.5) is 11.4 Å². The third kappa shape index (κ3) is 4.79.